The highest BCUT2D eigenvalue weighted by atomic mass is 16.7. The van der Waals surface area contributed by atoms with Crippen LogP contribution < -0.4 is 5.11 Å². The molecule has 0 fully saturated rings. The third-order valence-electron chi connectivity index (χ3n) is 14.6. The molecule has 0 saturated carbocycles. The average Bonchev–Trinajstić information content (AvgIpc) is 3.45. The molecule has 0 amide bonds. The molecule has 0 saturated heterocycles. The number of hydrogen-bond donors (Lipinski definition) is 0. The summed E-state index contributed by atoms with van der Waals surface area (Å²) < 4.78 is 22.7. The van der Waals surface area contributed by atoms with Gasteiger partial charge < -0.3 is 33.3 Å². The molecule has 0 aromatic rings. The second-order valence-corrected chi connectivity index (χ2v) is 23.7. The van der Waals surface area contributed by atoms with Crippen LogP contribution in [0.2, 0.25) is 0 Å². The molecular formula is C73H127NO8. The van der Waals surface area contributed by atoms with E-state index in [9.17, 15) is 19.5 Å². The van der Waals surface area contributed by atoms with Crippen molar-refractivity contribution >= 4 is 17.9 Å². The van der Waals surface area contributed by atoms with E-state index in [4.69, 9.17) is 18.9 Å². The van der Waals surface area contributed by atoms with Crippen molar-refractivity contribution in [2.45, 2.75) is 302 Å². The van der Waals surface area contributed by atoms with Crippen molar-refractivity contribution in [3.63, 3.8) is 0 Å². The molecule has 9 nitrogen and oxygen atoms in total. The second-order valence-electron chi connectivity index (χ2n) is 23.7. The lowest BCUT2D eigenvalue weighted by molar-refractivity contribution is -0.870. The van der Waals surface area contributed by atoms with E-state index >= 15 is 0 Å². The van der Waals surface area contributed by atoms with E-state index in [0.717, 1.165) is 96.3 Å². The Morgan fingerprint density at radius 2 is 0.695 bits per heavy atom. The Labute approximate surface area is 505 Å². The number of ether oxygens (including phenoxy) is 4. The Morgan fingerprint density at radius 3 is 1.04 bits per heavy atom. The number of aliphatic carboxylic acids is 1. The molecule has 82 heavy (non-hydrogen) atoms. The maximum Gasteiger partial charge on any atom is 0.306 e. The van der Waals surface area contributed by atoms with E-state index in [-0.39, 0.29) is 38.6 Å². The van der Waals surface area contributed by atoms with Crippen molar-refractivity contribution in [3.05, 3.63) is 97.2 Å². The summed E-state index contributed by atoms with van der Waals surface area (Å²) in [7, 11) is 5.92. The Kier molecular flexibility index (Phi) is 60.3. The fourth-order valence-corrected chi connectivity index (χ4v) is 9.40. The molecule has 0 aliphatic carbocycles. The Morgan fingerprint density at radius 1 is 0.378 bits per heavy atom. The summed E-state index contributed by atoms with van der Waals surface area (Å²) in [5.41, 5.74) is 0. The minimum absolute atomic E-state index is 0.144. The number of quaternary nitrogens is 1. The summed E-state index contributed by atoms with van der Waals surface area (Å²) in [6, 6.07) is 0. The van der Waals surface area contributed by atoms with Crippen LogP contribution in [0.3, 0.4) is 0 Å². The van der Waals surface area contributed by atoms with Crippen molar-refractivity contribution in [2.24, 2.45) is 0 Å². The molecular weight excluding hydrogens is 1020 g/mol. The first-order valence-electron chi connectivity index (χ1n) is 33.9. The number of rotatable bonds is 62. The highest BCUT2D eigenvalue weighted by molar-refractivity contribution is 5.70. The molecule has 472 valence electrons. The summed E-state index contributed by atoms with van der Waals surface area (Å²) in [4.78, 5) is 37.3. The van der Waals surface area contributed by atoms with Gasteiger partial charge >= 0.3 is 11.9 Å². The zero-order valence-electron chi connectivity index (χ0n) is 53.8. The molecule has 0 aromatic heterocycles. The van der Waals surface area contributed by atoms with Crippen LogP contribution >= 0.6 is 0 Å². The van der Waals surface area contributed by atoms with Gasteiger partial charge in [0.15, 0.2) is 12.4 Å². The molecule has 0 radical (unpaired) electrons. The van der Waals surface area contributed by atoms with Crippen molar-refractivity contribution in [3.8, 4) is 0 Å². The van der Waals surface area contributed by atoms with Gasteiger partial charge in [0, 0.05) is 12.8 Å². The van der Waals surface area contributed by atoms with Gasteiger partial charge in [-0.2, -0.15) is 0 Å². The fraction of sp³-hybridized carbons (Fsp3) is 0.740. The van der Waals surface area contributed by atoms with Gasteiger partial charge in [-0.25, -0.2) is 0 Å². The topological polar surface area (TPSA) is 111 Å². The van der Waals surface area contributed by atoms with Gasteiger partial charge in [-0.3, -0.25) is 9.59 Å². The highest BCUT2D eigenvalue weighted by Gasteiger charge is 2.22. The van der Waals surface area contributed by atoms with Crippen LogP contribution in [-0.4, -0.2) is 82.3 Å². The fourth-order valence-electron chi connectivity index (χ4n) is 9.40. The first-order valence-corrected chi connectivity index (χ1v) is 33.9. The third-order valence-corrected chi connectivity index (χ3v) is 14.6. The SMILES string of the molecule is CC/C=C\C/C=C\C/C=C\C/C=C\C/C=C\C/C=C\CCCCCCCCCCCCCCCCCCCCCCCCC(=O)OC(COC(=O)CCCCCCC/C=C\C/C=C\CCCCCC)COC(OCC[N+](C)(C)C)C(=O)[O-]. The van der Waals surface area contributed by atoms with Gasteiger partial charge in [0.05, 0.1) is 40.3 Å². The van der Waals surface area contributed by atoms with E-state index in [1.54, 1.807) is 0 Å². The van der Waals surface area contributed by atoms with Gasteiger partial charge in [0.2, 0.25) is 0 Å². The quantitative estimate of drug-likeness (QED) is 0.0195. The van der Waals surface area contributed by atoms with E-state index in [0.29, 0.717) is 17.4 Å². The number of carbonyl (C=O) groups excluding carboxylic acids is 3. The van der Waals surface area contributed by atoms with Crippen LogP contribution in [0.15, 0.2) is 97.2 Å². The first kappa shape index (κ1) is 78.2. The molecule has 0 aliphatic rings. The summed E-state index contributed by atoms with van der Waals surface area (Å²) in [6.45, 7) is 4.62. The monoisotopic (exact) mass is 1150 g/mol. The molecule has 2 atom stereocenters. The molecule has 0 bridgehead atoms. The Balaban J connectivity index is 3.99. The number of nitrogens with zero attached hydrogens (tertiary/aromatic N) is 1. The number of carboxylic acid groups (broad SMARTS) is 1. The maximum absolute atomic E-state index is 12.9. The predicted molar refractivity (Wildman–Crippen MR) is 347 cm³/mol. The molecule has 0 heterocycles. The lowest BCUT2D eigenvalue weighted by Gasteiger charge is -2.26. The zero-order valence-corrected chi connectivity index (χ0v) is 53.8. The summed E-state index contributed by atoms with van der Waals surface area (Å²) in [5.74, 6) is -2.29. The lowest BCUT2D eigenvalue weighted by Crippen LogP contribution is -2.44. The number of carboxylic acids is 1. The van der Waals surface area contributed by atoms with Gasteiger partial charge in [-0.05, 0) is 96.3 Å². The van der Waals surface area contributed by atoms with Crippen molar-refractivity contribution in [2.75, 3.05) is 47.5 Å². The van der Waals surface area contributed by atoms with Gasteiger partial charge in [-0.15, -0.1) is 0 Å². The van der Waals surface area contributed by atoms with Gasteiger partial charge in [0.25, 0.3) is 0 Å². The molecule has 0 aromatic carbocycles. The molecule has 0 N–H and O–H groups in total. The van der Waals surface area contributed by atoms with Crippen LogP contribution in [0.4, 0.5) is 0 Å². The van der Waals surface area contributed by atoms with Gasteiger partial charge in [0.1, 0.15) is 13.2 Å². The maximum atomic E-state index is 12.9. The summed E-state index contributed by atoms with van der Waals surface area (Å²) in [6.07, 6.45) is 83.6. The second kappa shape index (κ2) is 63.2. The normalized spacial score (nSPS) is 13.3. The molecule has 0 rings (SSSR count). The van der Waals surface area contributed by atoms with Crippen LogP contribution in [0.1, 0.15) is 290 Å². The predicted octanol–water partition coefficient (Wildman–Crippen LogP) is 19.5. The number of hydrogen-bond acceptors (Lipinski definition) is 8. The largest absolute Gasteiger partial charge is 0.545 e. The van der Waals surface area contributed by atoms with E-state index < -0.39 is 24.3 Å². The van der Waals surface area contributed by atoms with E-state index in [1.807, 2.05) is 21.1 Å². The van der Waals surface area contributed by atoms with Crippen LogP contribution in [-0.2, 0) is 33.3 Å². The van der Waals surface area contributed by atoms with Crippen LogP contribution in [0.5, 0.6) is 0 Å². The number of carbonyl (C=O) groups is 3. The standard InChI is InChI=1S/C73H127NO8/c1-6-8-10-12-14-16-18-20-22-24-25-26-27-28-29-30-31-32-33-34-35-36-37-38-39-40-41-42-43-44-45-46-47-48-50-52-54-56-58-60-62-64-71(76)82-69(68-81-73(72(77)78)79-66-65-74(3,4)5)67-80-70(75)63-61-59-57-55-53-51-49-23-21-19-17-15-13-11-9-7-2/h8,10,14,16-17,19-20,22-23,25-26,28-29,31-32,49,69,73H,6-7,9,11-13,15,18,21,24,27,30,33-48,50-68H2,1-5H3/b10-8-,16-14-,19-17-,22-20-,26-25-,29-28-,32-31-,49-23-. The minimum atomic E-state index is -1.63. The van der Waals surface area contributed by atoms with Gasteiger partial charge in [-0.1, -0.05) is 278 Å². The Bertz CT molecular complexity index is 1670. The smallest absolute Gasteiger partial charge is 0.306 e. The van der Waals surface area contributed by atoms with Crippen LogP contribution in [0.25, 0.3) is 0 Å². The number of likely N-dealkylation sites (N-methyl/N-ethyl adjacent to an activating group) is 1. The molecule has 2 unspecified atom stereocenters. The van der Waals surface area contributed by atoms with Crippen LogP contribution in [0, 0.1) is 0 Å². The molecule has 9 heteroatoms. The molecule has 0 spiro atoms. The summed E-state index contributed by atoms with van der Waals surface area (Å²) in [5, 5.41) is 11.8. The summed E-state index contributed by atoms with van der Waals surface area (Å²) >= 11 is 0. The van der Waals surface area contributed by atoms with Crippen molar-refractivity contribution in [1.82, 2.24) is 0 Å². The Hall–Kier alpha value is -3.79. The minimum Gasteiger partial charge on any atom is -0.545 e. The number of esters is 2. The third kappa shape index (κ3) is 63.8. The molecule has 0 aliphatic heterocycles. The number of unbranched alkanes of at least 4 members (excludes halogenated alkanes) is 31. The number of allylic oxidation sites excluding steroid dienone is 16. The van der Waals surface area contributed by atoms with Crippen molar-refractivity contribution in [1.29, 1.82) is 0 Å². The average molecular weight is 1150 g/mol. The van der Waals surface area contributed by atoms with E-state index in [1.165, 1.54) is 161 Å². The highest BCUT2D eigenvalue weighted by Crippen LogP contribution is 2.17. The van der Waals surface area contributed by atoms with Crippen molar-refractivity contribution < 1.29 is 42.9 Å². The van der Waals surface area contributed by atoms with E-state index in [2.05, 4.69) is 111 Å². The first-order chi connectivity index (χ1) is 40.1. The lowest BCUT2D eigenvalue weighted by atomic mass is 10.0. The zero-order chi connectivity index (χ0) is 59.8.